The van der Waals surface area contributed by atoms with Crippen LogP contribution in [-0.2, 0) is 17.8 Å². The van der Waals surface area contributed by atoms with Crippen molar-refractivity contribution >= 4 is 17.2 Å². The SMILES string of the molecule is CCCc1csc(CN2CCCC(C(=O)NCCN)C2)n1. The third-order valence-electron chi connectivity index (χ3n) is 3.78. The molecule has 1 atom stereocenters. The number of hydrogen-bond acceptors (Lipinski definition) is 5. The number of piperidine rings is 1. The number of hydrogen-bond donors (Lipinski definition) is 2. The minimum absolute atomic E-state index is 0.0976. The summed E-state index contributed by atoms with van der Waals surface area (Å²) >= 11 is 1.74. The molecule has 1 amide bonds. The average molecular weight is 310 g/mol. The van der Waals surface area contributed by atoms with Crippen LogP contribution in [0.25, 0.3) is 0 Å². The molecule has 0 spiro atoms. The Morgan fingerprint density at radius 2 is 2.48 bits per heavy atom. The molecule has 1 saturated heterocycles. The van der Waals surface area contributed by atoms with Gasteiger partial charge in [-0.2, -0.15) is 0 Å². The largest absolute Gasteiger partial charge is 0.355 e. The molecule has 5 nitrogen and oxygen atoms in total. The highest BCUT2D eigenvalue weighted by Crippen LogP contribution is 2.20. The van der Waals surface area contributed by atoms with Crippen LogP contribution in [0.1, 0.15) is 36.9 Å². The van der Waals surface area contributed by atoms with E-state index < -0.39 is 0 Å². The number of amides is 1. The van der Waals surface area contributed by atoms with Crippen molar-refractivity contribution in [2.45, 2.75) is 39.2 Å². The lowest BCUT2D eigenvalue weighted by Gasteiger charge is -2.31. The van der Waals surface area contributed by atoms with Gasteiger partial charge in [0.15, 0.2) is 0 Å². The van der Waals surface area contributed by atoms with Gasteiger partial charge in [-0.25, -0.2) is 4.98 Å². The van der Waals surface area contributed by atoms with Crippen molar-refractivity contribution in [3.8, 4) is 0 Å². The van der Waals surface area contributed by atoms with E-state index in [1.54, 1.807) is 11.3 Å². The van der Waals surface area contributed by atoms with Crippen LogP contribution in [0.15, 0.2) is 5.38 Å². The molecule has 0 aliphatic carbocycles. The Morgan fingerprint density at radius 3 is 3.24 bits per heavy atom. The summed E-state index contributed by atoms with van der Waals surface area (Å²) in [7, 11) is 0. The van der Waals surface area contributed by atoms with Gasteiger partial charge in [-0.3, -0.25) is 9.69 Å². The Kier molecular flexibility index (Phi) is 6.60. The van der Waals surface area contributed by atoms with Crippen molar-refractivity contribution in [1.82, 2.24) is 15.2 Å². The predicted molar refractivity (Wildman–Crippen MR) is 86.2 cm³/mol. The van der Waals surface area contributed by atoms with E-state index in [0.29, 0.717) is 13.1 Å². The first-order chi connectivity index (χ1) is 10.2. The van der Waals surface area contributed by atoms with Gasteiger partial charge in [-0.1, -0.05) is 13.3 Å². The topological polar surface area (TPSA) is 71.2 Å². The average Bonchev–Trinajstić information content (AvgIpc) is 2.92. The summed E-state index contributed by atoms with van der Waals surface area (Å²) in [5.41, 5.74) is 6.63. The molecule has 118 valence electrons. The number of carbonyl (C=O) groups is 1. The quantitative estimate of drug-likeness (QED) is 0.798. The summed E-state index contributed by atoms with van der Waals surface area (Å²) < 4.78 is 0. The van der Waals surface area contributed by atoms with Gasteiger partial charge in [-0.05, 0) is 25.8 Å². The van der Waals surface area contributed by atoms with Crippen LogP contribution in [0, 0.1) is 5.92 Å². The maximum Gasteiger partial charge on any atom is 0.224 e. The Balaban J connectivity index is 1.84. The Labute approximate surface area is 130 Å². The molecular formula is C15H26N4OS. The van der Waals surface area contributed by atoms with E-state index in [-0.39, 0.29) is 11.8 Å². The molecule has 1 aromatic rings. The number of aromatic nitrogens is 1. The number of nitrogens with one attached hydrogen (secondary N) is 1. The first-order valence-electron chi connectivity index (χ1n) is 7.86. The number of likely N-dealkylation sites (tertiary alicyclic amines) is 1. The number of rotatable bonds is 7. The van der Waals surface area contributed by atoms with E-state index in [1.165, 1.54) is 10.7 Å². The number of carbonyl (C=O) groups excluding carboxylic acids is 1. The Morgan fingerprint density at radius 1 is 1.62 bits per heavy atom. The van der Waals surface area contributed by atoms with Crippen LogP contribution in [0.5, 0.6) is 0 Å². The van der Waals surface area contributed by atoms with E-state index in [2.05, 4.69) is 27.5 Å². The third kappa shape index (κ3) is 5.05. The fraction of sp³-hybridized carbons (Fsp3) is 0.733. The summed E-state index contributed by atoms with van der Waals surface area (Å²) in [4.78, 5) is 19.1. The van der Waals surface area contributed by atoms with Gasteiger partial charge < -0.3 is 11.1 Å². The summed E-state index contributed by atoms with van der Waals surface area (Å²) in [6.45, 7) is 6.01. The van der Waals surface area contributed by atoms with Gasteiger partial charge in [0, 0.05) is 25.0 Å². The lowest BCUT2D eigenvalue weighted by atomic mass is 9.97. The minimum atomic E-state index is 0.0976. The fourth-order valence-corrected chi connectivity index (χ4v) is 3.61. The third-order valence-corrected chi connectivity index (χ3v) is 4.67. The second-order valence-corrected chi connectivity index (χ2v) is 6.58. The molecule has 21 heavy (non-hydrogen) atoms. The molecule has 1 fully saturated rings. The molecule has 0 radical (unpaired) electrons. The highest BCUT2D eigenvalue weighted by Gasteiger charge is 2.25. The summed E-state index contributed by atoms with van der Waals surface area (Å²) in [6.07, 6.45) is 4.25. The highest BCUT2D eigenvalue weighted by atomic mass is 32.1. The molecule has 1 aliphatic heterocycles. The normalized spacial score (nSPS) is 19.6. The van der Waals surface area contributed by atoms with Gasteiger partial charge in [0.2, 0.25) is 5.91 Å². The van der Waals surface area contributed by atoms with Crippen molar-refractivity contribution in [3.63, 3.8) is 0 Å². The van der Waals surface area contributed by atoms with Gasteiger partial charge in [0.05, 0.1) is 18.2 Å². The van der Waals surface area contributed by atoms with Crippen LogP contribution >= 0.6 is 11.3 Å². The monoisotopic (exact) mass is 310 g/mol. The van der Waals surface area contributed by atoms with Crippen molar-refractivity contribution in [2.24, 2.45) is 11.7 Å². The molecule has 2 rings (SSSR count). The smallest absolute Gasteiger partial charge is 0.224 e. The van der Waals surface area contributed by atoms with Crippen LogP contribution < -0.4 is 11.1 Å². The van der Waals surface area contributed by atoms with E-state index in [1.807, 2.05) is 0 Å². The second kappa shape index (κ2) is 8.46. The molecule has 0 aromatic carbocycles. The van der Waals surface area contributed by atoms with Crippen molar-refractivity contribution in [3.05, 3.63) is 16.1 Å². The molecule has 6 heteroatoms. The van der Waals surface area contributed by atoms with Crippen LogP contribution in [-0.4, -0.2) is 42.0 Å². The maximum absolute atomic E-state index is 12.0. The van der Waals surface area contributed by atoms with Crippen molar-refractivity contribution in [1.29, 1.82) is 0 Å². The Hall–Kier alpha value is -0.980. The van der Waals surface area contributed by atoms with Crippen molar-refractivity contribution < 1.29 is 4.79 Å². The zero-order valence-electron chi connectivity index (χ0n) is 12.8. The number of aryl methyl sites for hydroxylation is 1. The van der Waals surface area contributed by atoms with Gasteiger partial charge >= 0.3 is 0 Å². The van der Waals surface area contributed by atoms with E-state index in [0.717, 1.165) is 45.3 Å². The van der Waals surface area contributed by atoms with E-state index >= 15 is 0 Å². The molecule has 0 saturated carbocycles. The highest BCUT2D eigenvalue weighted by molar-refractivity contribution is 7.09. The summed E-state index contributed by atoms with van der Waals surface area (Å²) in [5.74, 6) is 0.247. The number of nitrogens with zero attached hydrogens (tertiary/aromatic N) is 2. The molecule has 0 bridgehead atoms. The molecular weight excluding hydrogens is 284 g/mol. The molecule has 1 unspecified atom stereocenters. The molecule has 3 N–H and O–H groups in total. The lowest BCUT2D eigenvalue weighted by Crippen LogP contribution is -2.43. The zero-order valence-corrected chi connectivity index (χ0v) is 13.6. The number of nitrogens with two attached hydrogens (primary N) is 1. The van der Waals surface area contributed by atoms with E-state index in [4.69, 9.17) is 5.73 Å². The second-order valence-electron chi connectivity index (χ2n) is 5.64. The lowest BCUT2D eigenvalue weighted by molar-refractivity contribution is -0.126. The maximum atomic E-state index is 12.0. The number of thiazole rings is 1. The first-order valence-corrected chi connectivity index (χ1v) is 8.74. The van der Waals surface area contributed by atoms with Crippen molar-refractivity contribution in [2.75, 3.05) is 26.2 Å². The fourth-order valence-electron chi connectivity index (χ4n) is 2.74. The first kappa shape index (κ1) is 16.4. The Bertz CT molecular complexity index is 449. The van der Waals surface area contributed by atoms with Gasteiger partial charge in [-0.15, -0.1) is 11.3 Å². The predicted octanol–water partition coefficient (Wildman–Crippen LogP) is 1.38. The summed E-state index contributed by atoms with van der Waals surface area (Å²) in [6, 6.07) is 0. The minimum Gasteiger partial charge on any atom is -0.355 e. The molecule has 1 aliphatic rings. The van der Waals surface area contributed by atoms with Crippen LogP contribution in [0.3, 0.4) is 0 Å². The zero-order chi connectivity index (χ0) is 15.1. The molecule has 2 heterocycles. The van der Waals surface area contributed by atoms with E-state index in [9.17, 15) is 4.79 Å². The standard InChI is InChI=1S/C15H26N4OS/c1-2-4-13-11-21-14(18-13)10-19-8-3-5-12(9-19)15(20)17-7-6-16/h11-12H,2-10,16H2,1H3,(H,17,20). The summed E-state index contributed by atoms with van der Waals surface area (Å²) in [5, 5.41) is 6.23. The molecule has 1 aromatic heterocycles. The van der Waals surface area contributed by atoms with Crippen LogP contribution in [0.2, 0.25) is 0 Å². The van der Waals surface area contributed by atoms with Gasteiger partial charge in [0.1, 0.15) is 5.01 Å². The van der Waals surface area contributed by atoms with Gasteiger partial charge in [0.25, 0.3) is 0 Å². The van der Waals surface area contributed by atoms with Crippen LogP contribution in [0.4, 0.5) is 0 Å².